The van der Waals surface area contributed by atoms with Gasteiger partial charge in [0.2, 0.25) is 0 Å². The van der Waals surface area contributed by atoms with Crippen LogP contribution in [-0.2, 0) is 4.43 Å². The maximum Gasteiger partial charge on any atom is 0.170 e. The van der Waals surface area contributed by atoms with Crippen LogP contribution in [0.15, 0.2) is 12.2 Å². The molecule has 0 aliphatic carbocycles. The summed E-state index contributed by atoms with van der Waals surface area (Å²) in [6, 6.07) is 0. The Morgan fingerprint density at radius 1 is 1.30 bits per heavy atom. The molecular weight excluding hydrogens is 140 g/mol. The van der Waals surface area contributed by atoms with Gasteiger partial charge in [-0.1, -0.05) is 19.1 Å². The molecule has 0 spiro atoms. The van der Waals surface area contributed by atoms with Crippen molar-refractivity contribution in [3.8, 4) is 0 Å². The van der Waals surface area contributed by atoms with E-state index in [0.29, 0.717) is 0 Å². The van der Waals surface area contributed by atoms with Crippen molar-refractivity contribution >= 4 is 9.04 Å². The van der Waals surface area contributed by atoms with Gasteiger partial charge in [-0.25, -0.2) is 0 Å². The van der Waals surface area contributed by atoms with E-state index in [2.05, 4.69) is 32.2 Å². The predicted octanol–water partition coefficient (Wildman–Crippen LogP) is 2.34. The molecule has 0 unspecified atom stereocenters. The molecule has 0 atom stereocenters. The Hall–Kier alpha value is -0.0831. The van der Waals surface area contributed by atoms with E-state index in [9.17, 15) is 0 Å². The van der Waals surface area contributed by atoms with Gasteiger partial charge < -0.3 is 4.43 Å². The second-order valence-corrected chi connectivity index (χ2v) is 5.02. The number of hydrogen-bond donors (Lipinski definition) is 0. The third-order valence-electron chi connectivity index (χ3n) is 1.14. The van der Waals surface area contributed by atoms with Gasteiger partial charge in [-0.3, -0.25) is 0 Å². The van der Waals surface area contributed by atoms with Crippen LogP contribution in [-0.4, -0.2) is 15.6 Å². The van der Waals surface area contributed by atoms with Gasteiger partial charge in [-0.15, -0.1) is 0 Å². The fourth-order valence-electron chi connectivity index (χ4n) is 0.656. The molecule has 0 aliphatic rings. The summed E-state index contributed by atoms with van der Waals surface area (Å²) >= 11 is 0. The van der Waals surface area contributed by atoms with Gasteiger partial charge in [0.1, 0.15) is 0 Å². The quantitative estimate of drug-likeness (QED) is 0.339. The SMILES string of the molecule is CC/C=C/CCO[SiH](C)C. The molecule has 0 aliphatic heterocycles. The Morgan fingerprint density at radius 3 is 2.50 bits per heavy atom. The lowest BCUT2D eigenvalue weighted by molar-refractivity contribution is 0.334. The van der Waals surface area contributed by atoms with Gasteiger partial charge in [-0.05, 0) is 25.9 Å². The Labute approximate surface area is 65.8 Å². The third-order valence-corrected chi connectivity index (χ3v) is 2.04. The van der Waals surface area contributed by atoms with Crippen LogP contribution in [0.3, 0.4) is 0 Å². The molecule has 0 saturated heterocycles. The summed E-state index contributed by atoms with van der Waals surface area (Å²) in [7, 11) is -0.756. The molecule has 0 fully saturated rings. The van der Waals surface area contributed by atoms with Crippen molar-refractivity contribution in [3.05, 3.63) is 12.2 Å². The first-order valence-corrected chi connectivity index (χ1v) is 6.82. The molecule has 0 radical (unpaired) electrons. The standard InChI is InChI=1S/C8H18OSi/c1-4-5-6-7-8-9-10(2)3/h5-6,10H,4,7-8H2,1-3H3/b6-5+. The maximum atomic E-state index is 5.48. The minimum Gasteiger partial charge on any atom is -0.420 e. The first-order chi connectivity index (χ1) is 4.77. The van der Waals surface area contributed by atoms with Crippen LogP contribution in [0.25, 0.3) is 0 Å². The van der Waals surface area contributed by atoms with Crippen molar-refractivity contribution in [2.24, 2.45) is 0 Å². The average Bonchev–Trinajstić information content (AvgIpc) is 1.87. The molecule has 0 aromatic rings. The van der Waals surface area contributed by atoms with Gasteiger partial charge in [0.15, 0.2) is 9.04 Å². The smallest absolute Gasteiger partial charge is 0.170 e. The lowest BCUT2D eigenvalue weighted by Gasteiger charge is -2.02. The van der Waals surface area contributed by atoms with E-state index >= 15 is 0 Å². The number of hydrogen-bond acceptors (Lipinski definition) is 1. The zero-order valence-corrected chi connectivity index (χ0v) is 8.42. The minimum atomic E-state index is -0.756. The first-order valence-electron chi connectivity index (χ1n) is 4.04. The van der Waals surface area contributed by atoms with E-state index in [0.717, 1.165) is 19.4 Å². The highest BCUT2D eigenvalue weighted by molar-refractivity contribution is 6.48. The summed E-state index contributed by atoms with van der Waals surface area (Å²) in [6.07, 6.45) is 6.60. The zero-order chi connectivity index (χ0) is 7.82. The molecule has 0 heterocycles. The first kappa shape index (κ1) is 9.92. The highest BCUT2D eigenvalue weighted by atomic mass is 28.3. The Kier molecular flexibility index (Phi) is 6.97. The normalized spacial score (nSPS) is 11.6. The highest BCUT2D eigenvalue weighted by Crippen LogP contribution is 1.90. The second-order valence-electron chi connectivity index (χ2n) is 2.59. The van der Waals surface area contributed by atoms with Crippen LogP contribution in [0.5, 0.6) is 0 Å². The monoisotopic (exact) mass is 158 g/mol. The van der Waals surface area contributed by atoms with Crippen molar-refractivity contribution in [2.75, 3.05) is 6.61 Å². The average molecular weight is 158 g/mol. The summed E-state index contributed by atoms with van der Waals surface area (Å²) in [4.78, 5) is 0. The van der Waals surface area contributed by atoms with Gasteiger partial charge in [-0.2, -0.15) is 0 Å². The van der Waals surface area contributed by atoms with E-state index < -0.39 is 9.04 Å². The molecule has 10 heavy (non-hydrogen) atoms. The third kappa shape index (κ3) is 7.92. The minimum absolute atomic E-state index is 0.756. The van der Waals surface area contributed by atoms with E-state index in [4.69, 9.17) is 4.43 Å². The largest absolute Gasteiger partial charge is 0.420 e. The fraction of sp³-hybridized carbons (Fsp3) is 0.750. The molecule has 0 amide bonds. The van der Waals surface area contributed by atoms with Crippen LogP contribution >= 0.6 is 0 Å². The van der Waals surface area contributed by atoms with Crippen LogP contribution in [0.4, 0.5) is 0 Å². The number of rotatable bonds is 5. The molecule has 2 heteroatoms. The topological polar surface area (TPSA) is 9.23 Å². The summed E-state index contributed by atoms with van der Waals surface area (Å²) in [5, 5.41) is 0. The highest BCUT2D eigenvalue weighted by Gasteiger charge is 1.91. The lowest BCUT2D eigenvalue weighted by Crippen LogP contribution is -2.07. The molecule has 0 aromatic heterocycles. The maximum absolute atomic E-state index is 5.48. The molecule has 0 saturated carbocycles. The fourth-order valence-corrected chi connectivity index (χ4v) is 1.26. The van der Waals surface area contributed by atoms with Crippen LogP contribution < -0.4 is 0 Å². The summed E-state index contributed by atoms with van der Waals surface area (Å²) < 4.78 is 5.48. The molecule has 0 aromatic carbocycles. The van der Waals surface area contributed by atoms with Gasteiger partial charge in [0.05, 0.1) is 0 Å². The van der Waals surface area contributed by atoms with Crippen LogP contribution in [0.2, 0.25) is 13.1 Å². The molecular formula is C8H18OSi. The second kappa shape index (κ2) is 7.03. The van der Waals surface area contributed by atoms with Gasteiger partial charge >= 0.3 is 0 Å². The van der Waals surface area contributed by atoms with Crippen molar-refractivity contribution in [3.63, 3.8) is 0 Å². The van der Waals surface area contributed by atoms with Crippen LogP contribution in [0.1, 0.15) is 19.8 Å². The summed E-state index contributed by atoms with van der Waals surface area (Å²) in [5.41, 5.74) is 0. The molecule has 0 N–H and O–H groups in total. The summed E-state index contributed by atoms with van der Waals surface area (Å²) in [5.74, 6) is 0. The van der Waals surface area contributed by atoms with E-state index in [-0.39, 0.29) is 0 Å². The summed E-state index contributed by atoms with van der Waals surface area (Å²) in [6.45, 7) is 7.46. The van der Waals surface area contributed by atoms with E-state index in [1.165, 1.54) is 0 Å². The molecule has 60 valence electrons. The lowest BCUT2D eigenvalue weighted by atomic mass is 10.3. The van der Waals surface area contributed by atoms with Crippen molar-refractivity contribution in [2.45, 2.75) is 32.9 Å². The van der Waals surface area contributed by atoms with E-state index in [1.807, 2.05) is 0 Å². The van der Waals surface area contributed by atoms with Gasteiger partial charge in [0, 0.05) is 6.61 Å². The van der Waals surface area contributed by atoms with Crippen molar-refractivity contribution < 1.29 is 4.43 Å². The predicted molar refractivity (Wildman–Crippen MR) is 48.9 cm³/mol. The zero-order valence-electron chi connectivity index (χ0n) is 7.26. The number of allylic oxidation sites excluding steroid dienone is 1. The Bertz CT molecular complexity index is 89.3. The van der Waals surface area contributed by atoms with Gasteiger partial charge in [0.25, 0.3) is 0 Å². The molecule has 0 bridgehead atoms. The molecule has 0 rings (SSSR count). The van der Waals surface area contributed by atoms with Crippen LogP contribution in [0, 0.1) is 0 Å². The Balaban J connectivity index is 2.97. The van der Waals surface area contributed by atoms with Crippen molar-refractivity contribution in [1.29, 1.82) is 0 Å². The van der Waals surface area contributed by atoms with E-state index in [1.54, 1.807) is 0 Å². The van der Waals surface area contributed by atoms with Crippen molar-refractivity contribution in [1.82, 2.24) is 0 Å². The molecule has 1 nitrogen and oxygen atoms in total. The Morgan fingerprint density at radius 2 is 2.00 bits per heavy atom.